The van der Waals surface area contributed by atoms with Crippen LogP contribution in [0.4, 0.5) is 0 Å². The highest BCUT2D eigenvalue weighted by atomic mass is 16.4. The average molecular weight is 2070 g/mol. The van der Waals surface area contributed by atoms with Crippen molar-refractivity contribution in [1.82, 2.24) is 106 Å². The maximum absolute atomic E-state index is 14.6. The smallest absolute Gasteiger partial charge is 0.305 e. The zero-order chi connectivity index (χ0) is 110. The van der Waals surface area contributed by atoms with E-state index >= 15 is 0 Å². The second-order valence-corrected chi connectivity index (χ2v) is 39.9. The van der Waals surface area contributed by atoms with Crippen molar-refractivity contribution in [3.8, 4) is 0 Å². The van der Waals surface area contributed by atoms with Crippen LogP contribution >= 0.6 is 0 Å². The van der Waals surface area contributed by atoms with Crippen molar-refractivity contribution in [1.29, 1.82) is 0 Å². The molecule has 0 spiro atoms. The van der Waals surface area contributed by atoms with Crippen LogP contribution in [-0.4, -0.2) is 290 Å². The van der Waals surface area contributed by atoms with E-state index < -0.39 is 258 Å². The lowest BCUT2D eigenvalue weighted by molar-refractivity contribution is -0.141. The quantitative estimate of drug-likeness (QED) is 0.0232. The molecule has 46 heteroatoms. The predicted molar refractivity (Wildman–Crippen MR) is 551 cm³/mol. The van der Waals surface area contributed by atoms with Gasteiger partial charge in [-0.25, -0.2) is 0 Å². The number of amides is 19. The number of rotatable bonds is 54. The van der Waals surface area contributed by atoms with Crippen molar-refractivity contribution in [3.05, 3.63) is 83.9 Å². The Balaban J connectivity index is 1.79. The molecule has 30 N–H and O–H groups in total. The third-order valence-corrected chi connectivity index (χ3v) is 24.0. The molecule has 2 aromatic rings. The first-order valence-corrected chi connectivity index (χ1v) is 51.3. The fourth-order valence-corrected chi connectivity index (χ4v) is 15.8. The molecule has 824 valence electrons. The summed E-state index contributed by atoms with van der Waals surface area (Å²) in [5.41, 5.74) is 24.3. The Kier molecular flexibility index (Phi) is 60.1. The summed E-state index contributed by atoms with van der Waals surface area (Å²) in [6, 6.07) is -6.08. The molecule has 1 heterocycles. The minimum Gasteiger partial charge on any atom is -0.481 e. The Labute approximate surface area is 862 Å². The number of carboxylic acids is 1. The first-order valence-electron chi connectivity index (χ1n) is 51.3. The molecule has 0 unspecified atom stereocenters. The molecule has 18 atom stereocenters. The van der Waals surface area contributed by atoms with Crippen molar-refractivity contribution in [2.45, 2.75) is 342 Å². The second-order valence-electron chi connectivity index (χ2n) is 39.9. The first-order chi connectivity index (χ1) is 69.4. The monoisotopic (exact) mass is 2070 g/mol. The van der Waals surface area contributed by atoms with E-state index in [1.165, 1.54) is 27.7 Å². The Morgan fingerprint density at radius 3 is 1.23 bits per heavy atom. The number of aliphatic hydroxyl groups is 1. The zero-order valence-corrected chi connectivity index (χ0v) is 88.2. The van der Waals surface area contributed by atoms with Crippen LogP contribution in [0.1, 0.15) is 231 Å². The highest BCUT2D eigenvalue weighted by Gasteiger charge is 2.41. The number of unbranched alkanes of at least 4 members (excludes halogenated alkanes) is 2. The number of nitrogens with two attached hydrogens (primary N) is 4. The Morgan fingerprint density at radius 1 is 0.388 bits per heavy atom. The van der Waals surface area contributed by atoms with Crippen LogP contribution in [-0.2, 0) is 109 Å². The Morgan fingerprint density at radius 2 is 0.776 bits per heavy atom. The van der Waals surface area contributed by atoms with E-state index in [1.54, 1.807) is 130 Å². The van der Waals surface area contributed by atoms with Crippen LogP contribution in [0.3, 0.4) is 0 Å². The van der Waals surface area contributed by atoms with Crippen LogP contribution in [0.15, 0.2) is 72.8 Å². The Hall–Kier alpha value is -12.7. The lowest BCUT2D eigenvalue weighted by atomic mass is 9.98. The number of primary amides is 1. The van der Waals surface area contributed by atoms with Gasteiger partial charge in [0.25, 0.3) is 0 Å². The van der Waals surface area contributed by atoms with Gasteiger partial charge >= 0.3 is 5.97 Å². The number of aliphatic hydroxyl groups excluding tert-OH is 1. The molecule has 0 bridgehead atoms. The Bertz CT molecular complexity index is 4600. The van der Waals surface area contributed by atoms with Crippen molar-refractivity contribution in [2.24, 2.45) is 58.4 Å². The van der Waals surface area contributed by atoms with E-state index in [0.29, 0.717) is 82.3 Å². The molecule has 0 fully saturated rings. The summed E-state index contributed by atoms with van der Waals surface area (Å²) in [4.78, 5) is 279. The van der Waals surface area contributed by atoms with Crippen molar-refractivity contribution >= 4 is 118 Å². The van der Waals surface area contributed by atoms with Crippen LogP contribution in [0.5, 0.6) is 0 Å². The molecule has 19 amide bonds. The normalized spacial score (nSPS) is 19.0. The number of nitrogens with one attached hydrogen (secondary N) is 20. The summed E-state index contributed by atoms with van der Waals surface area (Å²) in [5.74, 6) is -20.2. The van der Waals surface area contributed by atoms with Gasteiger partial charge in [0, 0.05) is 25.9 Å². The van der Waals surface area contributed by atoms with Gasteiger partial charge in [0.1, 0.15) is 103 Å². The zero-order valence-electron chi connectivity index (χ0n) is 88.2. The highest BCUT2D eigenvalue weighted by molar-refractivity contribution is 6.02. The number of carbonyl (C=O) groups is 20. The van der Waals surface area contributed by atoms with Gasteiger partial charge < -0.3 is 139 Å². The third-order valence-electron chi connectivity index (χ3n) is 24.0. The lowest BCUT2D eigenvalue weighted by Gasteiger charge is -2.30. The minimum absolute atomic E-state index is 0.000751. The molecule has 1 aliphatic heterocycles. The maximum Gasteiger partial charge on any atom is 0.305 e. The lowest BCUT2D eigenvalue weighted by Crippen LogP contribution is -2.63. The summed E-state index contributed by atoms with van der Waals surface area (Å²) in [7, 11) is 0. The molecular weight excluding hydrogens is 1900 g/mol. The van der Waals surface area contributed by atoms with E-state index in [0.717, 1.165) is 0 Å². The van der Waals surface area contributed by atoms with Gasteiger partial charge in [0.15, 0.2) is 0 Å². The maximum atomic E-state index is 14.6. The van der Waals surface area contributed by atoms with Gasteiger partial charge in [-0.05, 0) is 203 Å². The average Bonchev–Trinajstić information content (AvgIpc) is 0.845. The molecule has 0 saturated heterocycles. The van der Waals surface area contributed by atoms with Gasteiger partial charge in [-0.2, -0.15) is 0 Å². The third kappa shape index (κ3) is 50.5. The standard InChI is InChI=1S/C101H168N24O22/c1-56(2)47-73-93(139)114-68(39-25-29-43-106-45-31-32-46-107-44-30-26-40-70(115-96(142)77(112-79(127)54-104)52-67-35-21-18-22-36-67)91(137)121-78(53-81(129)130)97(143)120-74(48-57(3)4)95(141)119-73)89(135)108-55-80(128)109-62(13)86(132)110-63(14)87(133)113-69(37-23-27-41-102)90(136)111-64(15)88(134)118-76(50-59(7)8)98(144)123-82(60(9)10)99(145)116-71(38-24-28-42-103)92(138)125-84(65(16)126)101(147)124-83(61(11)12)100(146)122-75(49-58(5)6)94(140)117-72(85(105)131)51-66-33-19-17-20-34-66/h17-22,31-36,56-65,68-78,82-84,106-107,126H,23-30,37-55,102-104H2,1-16H3,(H2,105,131)(H,108,135)(H,109,128)(H,110,132)(H,111,136)(H,112,127)(H,113,133)(H,114,139)(H,115,142)(H,116,145)(H,117,140)(H,118,134)(H,119,141)(H,120,143)(H,121,137)(H,122,146)(H,123,144)(H,124,147)(H,125,138)(H,129,130)/b32-31+/t62-,63-,64-,65+,68-,69-,70-,71-,72-,73-,74-,75-,76-,77-,78-,82-,83-,84-/m0/s1. The molecular formula is C101H168N24O22. The van der Waals surface area contributed by atoms with E-state index in [1.807, 2.05) is 26.0 Å². The number of carboxylic acid groups (broad SMARTS) is 1. The molecule has 0 aliphatic carbocycles. The predicted octanol–water partition coefficient (Wildman–Crippen LogP) is -2.97. The largest absolute Gasteiger partial charge is 0.481 e. The number of benzene rings is 2. The number of hydrogen-bond donors (Lipinski definition) is 26. The SMILES string of the molecule is CC(C)C[C@H](NC(=O)[C@H](C)NC(=O)[C@H](CCCCN)NC(=O)[C@H](C)NC(=O)[C@H](C)NC(=O)CNC(=O)[C@@H]1CCCCNC/C=C/CNCCCC[C@H](NC(=O)[C@H](Cc2ccccc2)NC(=O)CN)C(=O)N[C@@H](CC(=O)O)C(=O)N[C@@H](CC(C)C)C(=O)N[C@@H](CC(C)C)C(=O)N1)C(=O)N[C@H](C(=O)N[C@@H](CCCCN)C(=O)N[C@H](C(=O)N[C@H](C(=O)N[C@@H](CC(C)C)C(=O)N[C@@H](Cc1ccccc1)C(N)=O)C(C)C)[C@@H](C)O)C(C)C. The number of carbonyl (C=O) groups excluding carboxylic acids is 19. The van der Waals surface area contributed by atoms with Gasteiger partial charge in [0.05, 0.1) is 25.6 Å². The van der Waals surface area contributed by atoms with Crippen LogP contribution < -0.4 is 129 Å². The van der Waals surface area contributed by atoms with E-state index in [-0.39, 0.29) is 107 Å². The molecule has 1 aliphatic rings. The van der Waals surface area contributed by atoms with Crippen molar-refractivity contribution in [3.63, 3.8) is 0 Å². The topological polar surface area (TPSA) is 727 Å². The van der Waals surface area contributed by atoms with Crippen LogP contribution in [0, 0.1) is 35.5 Å². The number of aliphatic carboxylic acids is 1. The molecule has 147 heavy (non-hydrogen) atoms. The summed E-state index contributed by atoms with van der Waals surface area (Å²) in [5, 5.41) is 74.7. The highest BCUT2D eigenvalue weighted by Crippen LogP contribution is 2.19. The summed E-state index contributed by atoms with van der Waals surface area (Å²) in [6.45, 7) is 26.8. The van der Waals surface area contributed by atoms with E-state index in [4.69, 9.17) is 22.9 Å². The second kappa shape index (κ2) is 68.7. The van der Waals surface area contributed by atoms with Gasteiger partial charge in [-0.15, -0.1) is 0 Å². The van der Waals surface area contributed by atoms with Gasteiger partial charge in [0.2, 0.25) is 112 Å². The number of hydrogen-bond acceptors (Lipinski definition) is 26. The van der Waals surface area contributed by atoms with Gasteiger partial charge in [-0.3, -0.25) is 95.9 Å². The van der Waals surface area contributed by atoms with Crippen LogP contribution in [0.2, 0.25) is 0 Å². The molecule has 46 nitrogen and oxygen atoms in total. The fraction of sp³-hybridized carbons (Fsp3) is 0.663. The van der Waals surface area contributed by atoms with Gasteiger partial charge in [-0.1, -0.05) is 156 Å². The first kappa shape index (κ1) is 128. The van der Waals surface area contributed by atoms with E-state index in [2.05, 4.69) is 106 Å². The summed E-state index contributed by atoms with van der Waals surface area (Å²) in [6.07, 6.45) is 4.27. The minimum atomic E-state index is -1.83. The fourth-order valence-electron chi connectivity index (χ4n) is 15.8. The molecule has 0 aromatic heterocycles. The van der Waals surface area contributed by atoms with Crippen LogP contribution in [0.25, 0.3) is 0 Å². The van der Waals surface area contributed by atoms with E-state index in [9.17, 15) is 106 Å². The molecule has 0 radical (unpaired) electrons. The molecule has 3 rings (SSSR count). The van der Waals surface area contributed by atoms with Crippen molar-refractivity contribution in [2.75, 3.05) is 52.4 Å². The van der Waals surface area contributed by atoms with Crippen molar-refractivity contribution < 1.29 is 106 Å². The summed E-state index contributed by atoms with van der Waals surface area (Å²) >= 11 is 0. The summed E-state index contributed by atoms with van der Waals surface area (Å²) < 4.78 is 0. The molecule has 2 aromatic carbocycles. The molecule has 0 saturated carbocycles.